The molecule has 4 aromatic rings. The van der Waals surface area contributed by atoms with Crippen LogP contribution in [-0.4, -0.2) is 66.2 Å². The highest BCUT2D eigenvalue weighted by Gasteiger charge is 2.20. The predicted octanol–water partition coefficient (Wildman–Crippen LogP) is 6.14. The van der Waals surface area contributed by atoms with Crippen molar-refractivity contribution in [3.05, 3.63) is 125 Å². The number of carbonyl (C=O) groups excluding carboxylic acids is 1. The van der Waals surface area contributed by atoms with Crippen LogP contribution in [0.5, 0.6) is 11.5 Å². The third-order valence-corrected chi connectivity index (χ3v) is 6.50. The molecule has 8 heteroatoms. The SMILES string of the molecule is CCO.CN(C)CCOc1cc(CN(CCc2ccccn2)C(=O)c2ccccc2Cl)ccc1OCc1ccccc1. The lowest BCUT2D eigenvalue weighted by molar-refractivity contribution is 0.0744. The molecule has 0 saturated carbocycles. The van der Waals surface area contributed by atoms with Gasteiger partial charge in [-0.05, 0) is 68.5 Å². The number of aliphatic hydroxyl groups is 1. The molecule has 0 aliphatic heterocycles. The van der Waals surface area contributed by atoms with Crippen LogP contribution in [0, 0.1) is 0 Å². The summed E-state index contributed by atoms with van der Waals surface area (Å²) < 4.78 is 12.3. The molecule has 7 nitrogen and oxygen atoms in total. The summed E-state index contributed by atoms with van der Waals surface area (Å²) in [5.41, 5.74) is 3.41. The second-order valence-corrected chi connectivity index (χ2v) is 10.2. The van der Waals surface area contributed by atoms with Gasteiger partial charge in [0.15, 0.2) is 11.5 Å². The van der Waals surface area contributed by atoms with Crippen LogP contribution < -0.4 is 9.47 Å². The van der Waals surface area contributed by atoms with Crippen LogP contribution in [0.2, 0.25) is 5.02 Å². The average Bonchev–Trinajstić information content (AvgIpc) is 3.00. The van der Waals surface area contributed by atoms with Crippen molar-refractivity contribution in [1.29, 1.82) is 0 Å². The second-order valence-electron chi connectivity index (χ2n) is 9.80. The Labute approximate surface area is 254 Å². The second kappa shape index (κ2) is 17.8. The quantitative estimate of drug-likeness (QED) is 0.202. The molecule has 42 heavy (non-hydrogen) atoms. The molecule has 0 saturated heterocycles. The van der Waals surface area contributed by atoms with E-state index in [2.05, 4.69) is 9.88 Å². The molecule has 0 aliphatic carbocycles. The number of amides is 1. The lowest BCUT2D eigenvalue weighted by atomic mass is 10.1. The summed E-state index contributed by atoms with van der Waals surface area (Å²) >= 11 is 6.40. The number of hydrogen-bond donors (Lipinski definition) is 1. The summed E-state index contributed by atoms with van der Waals surface area (Å²) in [7, 11) is 4.01. The fourth-order valence-electron chi connectivity index (χ4n) is 4.03. The van der Waals surface area contributed by atoms with Gasteiger partial charge in [0.25, 0.3) is 5.91 Å². The Morgan fingerprint density at radius 2 is 1.57 bits per heavy atom. The van der Waals surface area contributed by atoms with Crippen LogP contribution >= 0.6 is 11.6 Å². The van der Waals surface area contributed by atoms with E-state index in [1.807, 2.05) is 93.0 Å². The number of nitrogens with zero attached hydrogens (tertiary/aromatic N) is 3. The van der Waals surface area contributed by atoms with Crippen molar-refractivity contribution >= 4 is 17.5 Å². The van der Waals surface area contributed by atoms with Gasteiger partial charge in [-0.25, -0.2) is 0 Å². The minimum Gasteiger partial charge on any atom is -0.488 e. The Morgan fingerprint density at radius 3 is 2.26 bits per heavy atom. The van der Waals surface area contributed by atoms with Gasteiger partial charge in [-0.3, -0.25) is 9.78 Å². The number of hydrogen-bond acceptors (Lipinski definition) is 6. The summed E-state index contributed by atoms with van der Waals surface area (Å²) in [5.74, 6) is 1.19. The molecule has 0 unspecified atom stereocenters. The van der Waals surface area contributed by atoms with E-state index >= 15 is 0 Å². The molecule has 4 rings (SSSR count). The van der Waals surface area contributed by atoms with Crippen LogP contribution in [0.15, 0.2) is 97.2 Å². The van der Waals surface area contributed by atoms with Crippen molar-refractivity contribution in [2.24, 2.45) is 0 Å². The van der Waals surface area contributed by atoms with E-state index in [1.54, 1.807) is 30.2 Å². The summed E-state index contributed by atoms with van der Waals surface area (Å²) in [6, 6.07) is 28.8. The maximum Gasteiger partial charge on any atom is 0.255 e. The van der Waals surface area contributed by atoms with Crippen molar-refractivity contribution in [3.8, 4) is 11.5 Å². The molecule has 0 spiro atoms. The first kappa shape index (κ1) is 32.6. The van der Waals surface area contributed by atoms with Crippen molar-refractivity contribution in [1.82, 2.24) is 14.8 Å². The number of carbonyl (C=O) groups is 1. The normalized spacial score (nSPS) is 10.5. The summed E-state index contributed by atoms with van der Waals surface area (Å²) in [6.07, 6.45) is 2.39. The van der Waals surface area contributed by atoms with Crippen LogP contribution in [0.1, 0.15) is 34.1 Å². The molecule has 1 aromatic heterocycles. The van der Waals surface area contributed by atoms with Gasteiger partial charge in [0.2, 0.25) is 0 Å². The van der Waals surface area contributed by atoms with Crippen LogP contribution in [-0.2, 0) is 19.6 Å². The summed E-state index contributed by atoms with van der Waals surface area (Å²) in [4.78, 5) is 21.9. The van der Waals surface area contributed by atoms with Crippen LogP contribution in [0.4, 0.5) is 0 Å². The summed E-state index contributed by atoms with van der Waals surface area (Å²) in [6.45, 7) is 4.53. The molecule has 222 valence electrons. The van der Waals surface area contributed by atoms with Gasteiger partial charge < -0.3 is 24.4 Å². The zero-order valence-corrected chi connectivity index (χ0v) is 25.3. The highest BCUT2D eigenvalue weighted by atomic mass is 35.5. The molecular weight excluding hydrogens is 550 g/mol. The number of pyridine rings is 1. The average molecular weight is 590 g/mol. The van der Waals surface area contributed by atoms with Crippen molar-refractivity contribution in [3.63, 3.8) is 0 Å². The first-order valence-electron chi connectivity index (χ1n) is 14.0. The third-order valence-electron chi connectivity index (χ3n) is 6.17. The predicted molar refractivity (Wildman–Crippen MR) is 168 cm³/mol. The minimum atomic E-state index is -0.129. The Hall–Kier alpha value is -3.91. The molecule has 0 radical (unpaired) electrons. The van der Waals surface area contributed by atoms with Gasteiger partial charge in [0.05, 0.1) is 10.6 Å². The van der Waals surface area contributed by atoms with Gasteiger partial charge in [-0.2, -0.15) is 0 Å². The number of rotatable bonds is 13. The van der Waals surface area contributed by atoms with E-state index < -0.39 is 0 Å². The van der Waals surface area contributed by atoms with E-state index in [-0.39, 0.29) is 12.5 Å². The van der Waals surface area contributed by atoms with Gasteiger partial charge in [-0.15, -0.1) is 0 Å². The lowest BCUT2D eigenvalue weighted by Gasteiger charge is -2.24. The Morgan fingerprint density at radius 1 is 0.857 bits per heavy atom. The van der Waals surface area contributed by atoms with Crippen molar-refractivity contribution in [2.75, 3.05) is 40.4 Å². The van der Waals surface area contributed by atoms with E-state index in [1.165, 1.54) is 0 Å². The maximum absolute atomic E-state index is 13.6. The first-order valence-corrected chi connectivity index (χ1v) is 14.4. The fraction of sp³-hybridized carbons (Fsp3) is 0.294. The van der Waals surface area contributed by atoms with E-state index in [0.29, 0.717) is 54.8 Å². The van der Waals surface area contributed by atoms with Gasteiger partial charge in [0.1, 0.15) is 13.2 Å². The molecular formula is C34H40ClN3O4. The lowest BCUT2D eigenvalue weighted by Crippen LogP contribution is -2.33. The topological polar surface area (TPSA) is 75.1 Å². The van der Waals surface area contributed by atoms with Crippen LogP contribution in [0.25, 0.3) is 0 Å². The molecule has 0 aliphatic rings. The molecule has 3 aromatic carbocycles. The smallest absolute Gasteiger partial charge is 0.255 e. The van der Waals surface area contributed by atoms with Crippen molar-refractivity contribution in [2.45, 2.75) is 26.5 Å². The van der Waals surface area contributed by atoms with E-state index in [9.17, 15) is 4.79 Å². The number of aliphatic hydroxyl groups excluding tert-OH is 1. The Balaban J connectivity index is 0.00000155. The zero-order chi connectivity index (χ0) is 30.2. The molecule has 1 amide bonds. The fourth-order valence-corrected chi connectivity index (χ4v) is 4.25. The van der Waals surface area contributed by atoms with Crippen molar-refractivity contribution < 1.29 is 19.4 Å². The minimum absolute atomic E-state index is 0.129. The number of ether oxygens (including phenoxy) is 2. The standard InChI is InChI=1S/C32H34ClN3O3.C2H6O/c1-35(2)20-21-38-31-22-26(15-16-30(31)39-24-25-10-4-3-5-11-25)23-36(19-17-27-12-8-9-18-34-27)32(37)28-13-6-7-14-29(28)33;1-2-3/h3-16,18,22H,17,19-21,23-24H2,1-2H3;3H,2H2,1H3. The van der Waals surface area contributed by atoms with Gasteiger partial charge in [-0.1, -0.05) is 66.2 Å². The molecule has 1 N–H and O–H groups in total. The molecule has 0 atom stereocenters. The highest BCUT2D eigenvalue weighted by molar-refractivity contribution is 6.33. The van der Waals surface area contributed by atoms with Gasteiger partial charge in [0, 0.05) is 44.6 Å². The zero-order valence-electron chi connectivity index (χ0n) is 24.6. The molecule has 0 bridgehead atoms. The Kier molecular flexibility index (Phi) is 13.8. The monoisotopic (exact) mass is 589 g/mol. The third kappa shape index (κ3) is 10.8. The molecule has 1 heterocycles. The van der Waals surface area contributed by atoms with Gasteiger partial charge >= 0.3 is 0 Å². The molecule has 0 fully saturated rings. The first-order chi connectivity index (χ1) is 20.4. The number of benzene rings is 3. The van der Waals surface area contributed by atoms with Crippen LogP contribution in [0.3, 0.4) is 0 Å². The largest absolute Gasteiger partial charge is 0.488 e. The summed E-state index contributed by atoms with van der Waals surface area (Å²) in [5, 5.41) is 8.00. The highest BCUT2D eigenvalue weighted by Crippen LogP contribution is 2.30. The number of aromatic nitrogens is 1. The van der Waals surface area contributed by atoms with E-state index in [0.717, 1.165) is 23.4 Å². The van der Waals surface area contributed by atoms with E-state index in [4.69, 9.17) is 26.2 Å². The maximum atomic E-state index is 13.6. The Bertz CT molecular complexity index is 1350. The number of likely N-dealkylation sites (N-methyl/N-ethyl adjacent to an activating group) is 1. The number of halogens is 1.